The molecule has 0 aromatic carbocycles. The summed E-state index contributed by atoms with van der Waals surface area (Å²) in [4.78, 5) is 20.8. The Hall–Kier alpha value is -2.90. The van der Waals surface area contributed by atoms with Crippen LogP contribution in [0.5, 0.6) is 0 Å². The Kier molecular flexibility index (Phi) is 3.22. The largest absolute Gasteiger partial charge is 0.367 e. The van der Waals surface area contributed by atoms with E-state index >= 15 is 0 Å². The fraction of sp³-hybridized carbons (Fsp3) is 0.333. The zero-order valence-corrected chi connectivity index (χ0v) is 12.8. The summed E-state index contributed by atoms with van der Waals surface area (Å²) in [5.74, 6) is 0.958. The quantitative estimate of drug-likeness (QED) is 0.671. The minimum Gasteiger partial charge on any atom is -0.367 e. The summed E-state index contributed by atoms with van der Waals surface area (Å²) >= 11 is 0. The second-order valence-electron chi connectivity index (χ2n) is 5.57. The van der Waals surface area contributed by atoms with Gasteiger partial charge in [-0.25, -0.2) is 14.2 Å². The molecule has 0 spiro atoms. The molecule has 118 valence electrons. The molecule has 1 aliphatic heterocycles. The van der Waals surface area contributed by atoms with E-state index in [0.717, 1.165) is 43.3 Å². The van der Waals surface area contributed by atoms with Gasteiger partial charge in [-0.05, 0) is 6.07 Å². The molecule has 0 unspecified atom stereocenters. The first-order valence-electron chi connectivity index (χ1n) is 7.54. The van der Waals surface area contributed by atoms with Gasteiger partial charge in [0.05, 0.1) is 18.1 Å². The Morgan fingerprint density at radius 1 is 1.04 bits per heavy atom. The highest BCUT2D eigenvalue weighted by Gasteiger charge is 2.19. The topological polar surface area (TPSA) is 71.6 Å². The first-order chi connectivity index (χ1) is 11.2. The van der Waals surface area contributed by atoms with E-state index in [9.17, 15) is 4.79 Å². The van der Waals surface area contributed by atoms with E-state index in [-0.39, 0.29) is 5.56 Å². The molecule has 3 aromatic rings. The molecule has 23 heavy (non-hydrogen) atoms. The van der Waals surface area contributed by atoms with Gasteiger partial charge in [0, 0.05) is 51.6 Å². The second kappa shape index (κ2) is 5.38. The molecule has 1 fully saturated rings. The third-order valence-electron chi connectivity index (χ3n) is 4.17. The standard InChI is InChI=1S/C15H17N7O/c1-19-15(23)10-12(11-17-19)20-6-8-21(9-7-20)13-3-5-22-14(18-13)2-4-16-22/h2-5,10-11H,6-9H2,1H3. The predicted molar refractivity (Wildman–Crippen MR) is 86.9 cm³/mol. The van der Waals surface area contributed by atoms with E-state index in [1.165, 1.54) is 4.68 Å². The number of fused-ring (bicyclic) bond motifs is 1. The second-order valence-corrected chi connectivity index (χ2v) is 5.57. The van der Waals surface area contributed by atoms with E-state index in [4.69, 9.17) is 0 Å². The van der Waals surface area contributed by atoms with Gasteiger partial charge in [0.2, 0.25) is 0 Å². The molecule has 0 aliphatic carbocycles. The molecule has 1 aliphatic rings. The van der Waals surface area contributed by atoms with Crippen LogP contribution in [0.25, 0.3) is 5.65 Å². The maximum Gasteiger partial charge on any atom is 0.268 e. The van der Waals surface area contributed by atoms with Crippen molar-refractivity contribution in [2.75, 3.05) is 36.0 Å². The Morgan fingerprint density at radius 3 is 2.61 bits per heavy atom. The number of hydrogen-bond acceptors (Lipinski definition) is 6. The minimum atomic E-state index is -0.0854. The highest BCUT2D eigenvalue weighted by atomic mass is 16.1. The van der Waals surface area contributed by atoms with Crippen LogP contribution < -0.4 is 15.4 Å². The Morgan fingerprint density at radius 2 is 1.83 bits per heavy atom. The third kappa shape index (κ3) is 2.52. The van der Waals surface area contributed by atoms with Crippen molar-refractivity contribution in [2.45, 2.75) is 0 Å². The predicted octanol–water partition coefficient (Wildman–Crippen LogP) is 0.150. The Labute approximate surface area is 132 Å². The number of nitrogens with zero attached hydrogens (tertiary/aromatic N) is 7. The van der Waals surface area contributed by atoms with Crippen molar-refractivity contribution in [3.8, 4) is 0 Å². The number of anilines is 2. The molecule has 3 aromatic heterocycles. The van der Waals surface area contributed by atoms with Crippen LogP contribution in [0, 0.1) is 0 Å². The van der Waals surface area contributed by atoms with Crippen molar-refractivity contribution in [3.63, 3.8) is 0 Å². The van der Waals surface area contributed by atoms with Gasteiger partial charge < -0.3 is 9.80 Å². The van der Waals surface area contributed by atoms with Crippen LogP contribution in [-0.4, -0.2) is 50.6 Å². The van der Waals surface area contributed by atoms with Gasteiger partial charge in [0.15, 0.2) is 5.65 Å². The van der Waals surface area contributed by atoms with Crippen molar-refractivity contribution in [1.29, 1.82) is 0 Å². The Balaban J connectivity index is 1.49. The maximum absolute atomic E-state index is 11.7. The zero-order chi connectivity index (χ0) is 15.8. The summed E-state index contributed by atoms with van der Waals surface area (Å²) in [5.41, 5.74) is 1.64. The van der Waals surface area contributed by atoms with Gasteiger partial charge in [-0.2, -0.15) is 10.2 Å². The molecular formula is C15H17N7O. The minimum absolute atomic E-state index is 0.0854. The number of aromatic nitrogens is 5. The lowest BCUT2D eigenvalue weighted by atomic mass is 10.3. The van der Waals surface area contributed by atoms with Crippen molar-refractivity contribution in [3.05, 3.63) is 47.1 Å². The summed E-state index contributed by atoms with van der Waals surface area (Å²) in [7, 11) is 1.66. The number of hydrogen-bond donors (Lipinski definition) is 0. The monoisotopic (exact) mass is 311 g/mol. The first kappa shape index (κ1) is 13.7. The molecule has 0 N–H and O–H groups in total. The summed E-state index contributed by atoms with van der Waals surface area (Å²) in [6.07, 6.45) is 5.41. The molecule has 8 heteroatoms. The van der Waals surface area contributed by atoms with Crippen LogP contribution in [0.1, 0.15) is 0 Å². The molecule has 0 amide bonds. The van der Waals surface area contributed by atoms with Gasteiger partial charge in [-0.3, -0.25) is 4.79 Å². The summed E-state index contributed by atoms with van der Waals surface area (Å²) in [6.45, 7) is 3.38. The van der Waals surface area contributed by atoms with E-state index in [1.807, 2.05) is 18.3 Å². The zero-order valence-electron chi connectivity index (χ0n) is 12.8. The number of rotatable bonds is 2. The number of piperazine rings is 1. The van der Waals surface area contributed by atoms with Crippen LogP contribution in [0.15, 0.2) is 41.6 Å². The van der Waals surface area contributed by atoms with Crippen LogP contribution in [0.2, 0.25) is 0 Å². The van der Waals surface area contributed by atoms with Crippen LogP contribution in [0.4, 0.5) is 11.5 Å². The third-order valence-corrected chi connectivity index (χ3v) is 4.17. The molecule has 0 radical (unpaired) electrons. The lowest BCUT2D eigenvalue weighted by molar-refractivity contribution is 0.638. The molecule has 1 saturated heterocycles. The van der Waals surface area contributed by atoms with Crippen molar-refractivity contribution >= 4 is 17.2 Å². The summed E-state index contributed by atoms with van der Waals surface area (Å²) in [6, 6.07) is 5.51. The SMILES string of the molecule is Cn1ncc(N2CCN(c3ccn4nccc4n3)CC2)cc1=O. The fourth-order valence-corrected chi connectivity index (χ4v) is 2.81. The molecule has 8 nitrogen and oxygen atoms in total. The van der Waals surface area contributed by atoms with Gasteiger partial charge in [0.1, 0.15) is 5.82 Å². The van der Waals surface area contributed by atoms with Gasteiger partial charge >= 0.3 is 0 Å². The molecule has 0 atom stereocenters. The van der Waals surface area contributed by atoms with E-state index < -0.39 is 0 Å². The van der Waals surface area contributed by atoms with E-state index in [2.05, 4.69) is 25.0 Å². The Bertz CT molecular complexity index is 892. The molecule has 4 rings (SSSR count). The lowest BCUT2D eigenvalue weighted by Crippen LogP contribution is -2.47. The summed E-state index contributed by atoms with van der Waals surface area (Å²) < 4.78 is 3.09. The van der Waals surface area contributed by atoms with Gasteiger partial charge in [0.25, 0.3) is 5.56 Å². The van der Waals surface area contributed by atoms with Gasteiger partial charge in [-0.1, -0.05) is 0 Å². The van der Waals surface area contributed by atoms with Crippen molar-refractivity contribution < 1.29 is 0 Å². The first-order valence-corrected chi connectivity index (χ1v) is 7.54. The van der Waals surface area contributed by atoms with E-state index in [1.54, 1.807) is 30.0 Å². The highest BCUT2D eigenvalue weighted by Crippen LogP contribution is 2.18. The highest BCUT2D eigenvalue weighted by molar-refractivity contribution is 5.50. The fourth-order valence-electron chi connectivity index (χ4n) is 2.81. The van der Waals surface area contributed by atoms with Gasteiger partial charge in [-0.15, -0.1) is 0 Å². The van der Waals surface area contributed by atoms with Crippen LogP contribution in [0.3, 0.4) is 0 Å². The number of aryl methyl sites for hydroxylation is 1. The molecule has 0 bridgehead atoms. The van der Waals surface area contributed by atoms with Crippen molar-refractivity contribution in [2.24, 2.45) is 7.05 Å². The average molecular weight is 311 g/mol. The smallest absolute Gasteiger partial charge is 0.268 e. The van der Waals surface area contributed by atoms with Crippen molar-refractivity contribution in [1.82, 2.24) is 24.4 Å². The molecule has 0 saturated carbocycles. The molecular weight excluding hydrogens is 294 g/mol. The van der Waals surface area contributed by atoms with Crippen LogP contribution >= 0.6 is 0 Å². The molecule has 4 heterocycles. The maximum atomic E-state index is 11.7. The van der Waals surface area contributed by atoms with E-state index in [0.29, 0.717) is 0 Å². The normalized spacial score (nSPS) is 15.3. The average Bonchev–Trinajstić information content (AvgIpc) is 3.05. The van der Waals surface area contributed by atoms with Crippen LogP contribution in [-0.2, 0) is 7.05 Å². The summed E-state index contributed by atoms with van der Waals surface area (Å²) in [5, 5.41) is 8.25. The lowest BCUT2D eigenvalue weighted by Gasteiger charge is -2.36.